The molecule has 2 unspecified atom stereocenters. The zero-order chi connectivity index (χ0) is 13.5. The van der Waals surface area contributed by atoms with Crippen molar-refractivity contribution in [2.24, 2.45) is 5.92 Å². The Bertz CT molecular complexity index is 373. The molecule has 0 aliphatic rings. The molecule has 0 bridgehead atoms. The van der Waals surface area contributed by atoms with E-state index in [2.05, 4.69) is 31.2 Å². The highest BCUT2D eigenvalue weighted by Crippen LogP contribution is 2.17. The van der Waals surface area contributed by atoms with Gasteiger partial charge in [0.25, 0.3) is 0 Å². The Kier molecular flexibility index (Phi) is 5.89. The molecule has 4 heteroatoms. The van der Waals surface area contributed by atoms with E-state index >= 15 is 0 Å². The zero-order valence-corrected chi connectivity index (χ0v) is 11.9. The fourth-order valence-corrected chi connectivity index (χ4v) is 2.03. The number of aromatic nitrogens is 2. The van der Waals surface area contributed by atoms with Gasteiger partial charge in [-0.25, -0.2) is 0 Å². The van der Waals surface area contributed by atoms with Gasteiger partial charge in [0.15, 0.2) is 0 Å². The lowest BCUT2D eigenvalue weighted by Crippen LogP contribution is -2.32. The third-order valence-corrected chi connectivity index (χ3v) is 3.27. The Morgan fingerprint density at radius 3 is 2.67 bits per heavy atom. The summed E-state index contributed by atoms with van der Waals surface area (Å²) in [7, 11) is 0. The van der Waals surface area contributed by atoms with Crippen molar-refractivity contribution >= 4 is 5.91 Å². The fourth-order valence-electron chi connectivity index (χ4n) is 2.03. The van der Waals surface area contributed by atoms with Gasteiger partial charge in [0.05, 0.1) is 12.2 Å². The van der Waals surface area contributed by atoms with Gasteiger partial charge >= 0.3 is 0 Å². The molecule has 2 atom stereocenters. The second-order valence-electron chi connectivity index (χ2n) is 4.79. The Hall–Kier alpha value is -1.32. The van der Waals surface area contributed by atoms with Gasteiger partial charge < -0.3 is 5.32 Å². The Labute approximate surface area is 110 Å². The van der Waals surface area contributed by atoms with E-state index in [1.54, 1.807) is 0 Å². The maximum Gasteiger partial charge on any atom is 0.223 e. The maximum atomic E-state index is 12.0. The van der Waals surface area contributed by atoms with Gasteiger partial charge in [-0.05, 0) is 19.8 Å². The van der Waals surface area contributed by atoms with E-state index in [9.17, 15) is 4.79 Å². The molecule has 1 N–H and O–H groups in total. The first-order valence-electron chi connectivity index (χ1n) is 6.95. The summed E-state index contributed by atoms with van der Waals surface area (Å²) < 4.78 is 1.89. The van der Waals surface area contributed by atoms with E-state index in [-0.39, 0.29) is 17.9 Å². The Balaban J connectivity index is 2.64. The molecule has 0 aliphatic carbocycles. The molecule has 0 saturated carbocycles. The normalized spacial score (nSPS) is 14.2. The van der Waals surface area contributed by atoms with Crippen molar-refractivity contribution in [3.8, 4) is 0 Å². The van der Waals surface area contributed by atoms with Crippen LogP contribution in [0.5, 0.6) is 0 Å². The summed E-state index contributed by atoms with van der Waals surface area (Å²) in [6.07, 6.45) is 6.73. The van der Waals surface area contributed by atoms with Gasteiger partial charge in [0.1, 0.15) is 0 Å². The van der Waals surface area contributed by atoms with E-state index in [0.717, 1.165) is 31.4 Å². The molecule has 0 radical (unpaired) electrons. The van der Waals surface area contributed by atoms with Gasteiger partial charge in [-0.2, -0.15) is 5.10 Å². The summed E-state index contributed by atoms with van der Waals surface area (Å²) >= 11 is 0. The minimum absolute atomic E-state index is 0.0807. The van der Waals surface area contributed by atoms with Crippen LogP contribution in [0.4, 0.5) is 0 Å². The first-order valence-corrected chi connectivity index (χ1v) is 6.95. The molecule has 0 saturated heterocycles. The number of carbonyl (C=O) groups excluding carboxylic acids is 1. The van der Waals surface area contributed by atoms with Crippen LogP contribution in [-0.2, 0) is 11.3 Å². The first kappa shape index (κ1) is 14.7. The topological polar surface area (TPSA) is 46.9 Å². The number of carbonyl (C=O) groups is 1. The summed E-state index contributed by atoms with van der Waals surface area (Å²) in [6.45, 7) is 9.09. The average molecular weight is 251 g/mol. The second kappa shape index (κ2) is 7.19. The predicted octanol–water partition coefficient (Wildman–Crippen LogP) is 2.91. The van der Waals surface area contributed by atoms with Gasteiger partial charge in [-0.3, -0.25) is 9.48 Å². The minimum Gasteiger partial charge on any atom is -0.349 e. The number of aryl methyl sites for hydroxylation is 1. The van der Waals surface area contributed by atoms with Crippen molar-refractivity contribution in [1.29, 1.82) is 0 Å². The molecule has 0 spiro atoms. The number of nitrogens with one attached hydrogen (secondary N) is 1. The highest BCUT2D eigenvalue weighted by molar-refractivity contribution is 5.78. The van der Waals surface area contributed by atoms with E-state index < -0.39 is 0 Å². The van der Waals surface area contributed by atoms with Crippen LogP contribution in [0.1, 0.15) is 58.6 Å². The highest BCUT2D eigenvalue weighted by Gasteiger charge is 2.18. The molecule has 1 heterocycles. The van der Waals surface area contributed by atoms with Crippen LogP contribution in [0, 0.1) is 5.92 Å². The minimum atomic E-state index is 0.0807. The summed E-state index contributed by atoms with van der Waals surface area (Å²) in [4.78, 5) is 12.0. The molecule has 0 aromatic carbocycles. The van der Waals surface area contributed by atoms with E-state index in [4.69, 9.17) is 0 Å². The molecule has 4 nitrogen and oxygen atoms in total. The molecule has 1 aromatic heterocycles. The zero-order valence-electron chi connectivity index (χ0n) is 11.9. The van der Waals surface area contributed by atoms with E-state index in [0.29, 0.717) is 0 Å². The number of rotatable bonds is 7. The lowest BCUT2D eigenvalue weighted by molar-refractivity contribution is -0.125. The third-order valence-electron chi connectivity index (χ3n) is 3.27. The van der Waals surface area contributed by atoms with Crippen LogP contribution in [0.3, 0.4) is 0 Å². The van der Waals surface area contributed by atoms with Crippen molar-refractivity contribution < 1.29 is 4.79 Å². The highest BCUT2D eigenvalue weighted by atomic mass is 16.1. The molecule has 18 heavy (non-hydrogen) atoms. The average Bonchev–Trinajstić information content (AvgIpc) is 2.84. The lowest BCUT2D eigenvalue weighted by Gasteiger charge is -2.18. The summed E-state index contributed by atoms with van der Waals surface area (Å²) in [5, 5.41) is 7.37. The van der Waals surface area contributed by atoms with E-state index in [1.165, 1.54) is 0 Å². The SMILES string of the molecule is CCCC(C)C(=O)NC(CC)c1cnn(CC)c1. The van der Waals surface area contributed by atoms with Crippen molar-refractivity contribution in [2.45, 2.75) is 59.5 Å². The summed E-state index contributed by atoms with van der Waals surface area (Å²) in [5.74, 6) is 0.234. The summed E-state index contributed by atoms with van der Waals surface area (Å²) in [6, 6.07) is 0.0807. The monoisotopic (exact) mass is 251 g/mol. The van der Waals surface area contributed by atoms with Crippen molar-refractivity contribution in [3.05, 3.63) is 18.0 Å². The van der Waals surface area contributed by atoms with Gasteiger partial charge in [0.2, 0.25) is 5.91 Å². The number of hydrogen-bond donors (Lipinski definition) is 1. The molecule has 1 aromatic rings. The fraction of sp³-hybridized carbons (Fsp3) is 0.714. The molecule has 1 amide bonds. The van der Waals surface area contributed by atoms with Crippen LogP contribution in [0.25, 0.3) is 0 Å². The number of nitrogens with zero attached hydrogens (tertiary/aromatic N) is 2. The van der Waals surface area contributed by atoms with E-state index in [1.807, 2.05) is 24.0 Å². The van der Waals surface area contributed by atoms with Crippen LogP contribution in [-0.4, -0.2) is 15.7 Å². The molecule has 1 rings (SSSR count). The molecule has 102 valence electrons. The second-order valence-corrected chi connectivity index (χ2v) is 4.79. The standard InChI is InChI=1S/C14H25N3O/c1-5-8-11(4)14(18)16-13(6-2)12-9-15-17(7-3)10-12/h9-11,13H,5-8H2,1-4H3,(H,16,18). The molecular formula is C14H25N3O. The van der Waals surface area contributed by atoms with Crippen LogP contribution < -0.4 is 5.32 Å². The Morgan fingerprint density at radius 2 is 2.17 bits per heavy atom. The quantitative estimate of drug-likeness (QED) is 0.810. The van der Waals surface area contributed by atoms with Gasteiger partial charge in [-0.1, -0.05) is 27.2 Å². The van der Waals surface area contributed by atoms with Crippen LogP contribution >= 0.6 is 0 Å². The molecule has 0 fully saturated rings. The van der Waals surface area contributed by atoms with Gasteiger partial charge in [-0.15, -0.1) is 0 Å². The Morgan fingerprint density at radius 1 is 1.44 bits per heavy atom. The number of amides is 1. The van der Waals surface area contributed by atoms with Crippen molar-refractivity contribution in [2.75, 3.05) is 0 Å². The molecular weight excluding hydrogens is 226 g/mol. The van der Waals surface area contributed by atoms with Gasteiger partial charge in [0, 0.05) is 24.2 Å². The summed E-state index contributed by atoms with van der Waals surface area (Å²) in [5.41, 5.74) is 1.09. The third kappa shape index (κ3) is 3.86. The first-order chi connectivity index (χ1) is 8.62. The maximum absolute atomic E-state index is 12.0. The predicted molar refractivity (Wildman–Crippen MR) is 73.1 cm³/mol. The van der Waals surface area contributed by atoms with Crippen LogP contribution in [0.2, 0.25) is 0 Å². The lowest BCUT2D eigenvalue weighted by atomic mass is 10.0. The smallest absolute Gasteiger partial charge is 0.223 e. The molecule has 0 aliphatic heterocycles. The van der Waals surface area contributed by atoms with Crippen molar-refractivity contribution in [1.82, 2.24) is 15.1 Å². The largest absolute Gasteiger partial charge is 0.349 e. The van der Waals surface area contributed by atoms with Crippen molar-refractivity contribution in [3.63, 3.8) is 0 Å². The number of hydrogen-bond acceptors (Lipinski definition) is 2. The van der Waals surface area contributed by atoms with Crippen LogP contribution in [0.15, 0.2) is 12.4 Å².